The van der Waals surface area contributed by atoms with Crippen LogP contribution in [0, 0.1) is 5.92 Å². The first-order valence-electron chi connectivity index (χ1n) is 12.6. The van der Waals surface area contributed by atoms with Gasteiger partial charge in [0.15, 0.2) is 0 Å². The lowest BCUT2D eigenvalue weighted by Crippen LogP contribution is -2.30. The molecule has 1 amide bonds. The molecule has 0 bridgehead atoms. The minimum atomic E-state index is -0.0232. The first-order valence-corrected chi connectivity index (χ1v) is 12.6. The first-order chi connectivity index (χ1) is 16.4. The van der Waals surface area contributed by atoms with Crippen LogP contribution >= 0.6 is 0 Å². The molecule has 1 atom stereocenters. The topological polar surface area (TPSA) is 38.3 Å². The summed E-state index contributed by atoms with van der Waals surface area (Å²) < 4.78 is 5.93. The average Bonchev–Trinajstić information content (AvgIpc) is 2.83. The second-order valence-corrected chi connectivity index (χ2v) is 9.82. The highest BCUT2D eigenvalue weighted by atomic mass is 16.5. The minimum absolute atomic E-state index is 0.00869. The Labute approximate surface area is 205 Å². The van der Waals surface area contributed by atoms with E-state index in [4.69, 9.17) is 4.74 Å². The fraction of sp³-hybridized carbons (Fsp3) is 0.387. The molecule has 3 aromatic rings. The van der Waals surface area contributed by atoms with Crippen molar-refractivity contribution in [3.05, 3.63) is 101 Å². The molecule has 0 heterocycles. The maximum absolute atomic E-state index is 13.6. The van der Waals surface area contributed by atoms with Gasteiger partial charge in [-0.25, -0.2) is 0 Å². The van der Waals surface area contributed by atoms with E-state index in [2.05, 4.69) is 76.3 Å². The lowest BCUT2D eigenvalue weighted by Gasteiger charge is -2.23. The van der Waals surface area contributed by atoms with Gasteiger partial charge in [0, 0.05) is 5.56 Å². The highest BCUT2D eigenvalue weighted by Crippen LogP contribution is 2.26. The normalized spacial score (nSPS) is 12.1. The second-order valence-electron chi connectivity index (χ2n) is 9.82. The molecule has 0 aliphatic rings. The third kappa shape index (κ3) is 7.21. The van der Waals surface area contributed by atoms with Crippen LogP contribution in [0.1, 0.15) is 92.0 Å². The maximum Gasteiger partial charge on any atom is 0.252 e. The fourth-order valence-electron chi connectivity index (χ4n) is 4.22. The van der Waals surface area contributed by atoms with Crippen LogP contribution in [0.5, 0.6) is 5.75 Å². The zero-order valence-electron chi connectivity index (χ0n) is 21.3. The third-order valence-electron chi connectivity index (χ3n) is 6.08. The summed E-state index contributed by atoms with van der Waals surface area (Å²) in [6.07, 6.45) is 2.76. The Morgan fingerprint density at radius 1 is 0.882 bits per heavy atom. The standard InChI is InChI=1S/C31H39NO2/c1-6-11-25-17-16-24(21-34-28-14-8-7-9-15-28)19-29(25)31(33)32-30(18-22(2)3)27-13-10-12-26(20-27)23(4)5/h7-10,12-17,19-20,22-23,30H,6,11,18,21H2,1-5H3,(H,32,33). The number of carbonyl (C=O) groups excluding carboxylic acids is 1. The minimum Gasteiger partial charge on any atom is -0.489 e. The van der Waals surface area contributed by atoms with E-state index in [1.165, 1.54) is 11.1 Å². The van der Waals surface area contributed by atoms with Gasteiger partial charge in [-0.3, -0.25) is 4.79 Å². The highest BCUT2D eigenvalue weighted by Gasteiger charge is 2.20. The van der Waals surface area contributed by atoms with Gasteiger partial charge in [0.1, 0.15) is 12.4 Å². The van der Waals surface area contributed by atoms with E-state index < -0.39 is 0 Å². The number of aryl methyl sites for hydroxylation is 1. The molecule has 3 rings (SSSR count). The van der Waals surface area contributed by atoms with Crippen molar-refractivity contribution < 1.29 is 9.53 Å². The van der Waals surface area contributed by atoms with Gasteiger partial charge < -0.3 is 10.1 Å². The van der Waals surface area contributed by atoms with Gasteiger partial charge in [-0.05, 0) is 65.1 Å². The van der Waals surface area contributed by atoms with Gasteiger partial charge in [-0.2, -0.15) is 0 Å². The summed E-state index contributed by atoms with van der Waals surface area (Å²) in [6, 6.07) is 24.6. The van der Waals surface area contributed by atoms with Gasteiger partial charge in [0.25, 0.3) is 5.91 Å². The van der Waals surface area contributed by atoms with E-state index >= 15 is 0 Å². The Balaban J connectivity index is 1.84. The Morgan fingerprint density at radius 2 is 1.62 bits per heavy atom. The van der Waals surface area contributed by atoms with Crippen LogP contribution in [-0.4, -0.2) is 5.91 Å². The number of para-hydroxylation sites is 1. The largest absolute Gasteiger partial charge is 0.489 e. The zero-order chi connectivity index (χ0) is 24.5. The summed E-state index contributed by atoms with van der Waals surface area (Å²) in [5.41, 5.74) is 5.31. The monoisotopic (exact) mass is 457 g/mol. The number of hydrogen-bond acceptors (Lipinski definition) is 2. The van der Waals surface area contributed by atoms with Crippen LogP contribution < -0.4 is 10.1 Å². The van der Waals surface area contributed by atoms with Crippen LogP contribution in [0.25, 0.3) is 0 Å². The molecule has 0 saturated carbocycles. The van der Waals surface area contributed by atoms with Crippen molar-refractivity contribution >= 4 is 5.91 Å². The molecule has 0 radical (unpaired) electrons. The van der Waals surface area contributed by atoms with Crippen molar-refractivity contribution in [2.45, 2.75) is 72.4 Å². The lowest BCUT2D eigenvalue weighted by molar-refractivity contribution is 0.0930. The molecule has 0 fully saturated rings. The van der Waals surface area contributed by atoms with Gasteiger partial charge in [-0.15, -0.1) is 0 Å². The lowest BCUT2D eigenvalue weighted by atomic mass is 9.92. The molecule has 0 spiro atoms. The molecule has 3 aromatic carbocycles. The molecule has 0 aliphatic carbocycles. The second kappa shape index (κ2) is 12.4. The SMILES string of the molecule is CCCc1ccc(COc2ccccc2)cc1C(=O)NC(CC(C)C)c1cccc(C(C)C)c1. The molecule has 3 nitrogen and oxygen atoms in total. The number of ether oxygens (including phenoxy) is 1. The van der Waals surface area contributed by atoms with Crippen molar-refractivity contribution in [1.82, 2.24) is 5.32 Å². The van der Waals surface area contributed by atoms with Crippen LogP contribution in [0.15, 0.2) is 72.8 Å². The predicted octanol–water partition coefficient (Wildman–Crippen LogP) is 7.86. The molecule has 0 aromatic heterocycles. The number of hydrogen-bond donors (Lipinski definition) is 1. The molecule has 3 heteroatoms. The Hall–Kier alpha value is -3.07. The molecular weight excluding hydrogens is 418 g/mol. The maximum atomic E-state index is 13.6. The van der Waals surface area contributed by atoms with E-state index in [1.807, 2.05) is 36.4 Å². The van der Waals surface area contributed by atoms with Crippen LogP contribution in [-0.2, 0) is 13.0 Å². The number of carbonyl (C=O) groups is 1. The average molecular weight is 458 g/mol. The van der Waals surface area contributed by atoms with Gasteiger partial charge >= 0.3 is 0 Å². The molecule has 0 aliphatic heterocycles. The quantitative estimate of drug-likeness (QED) is 0.318. The number of amides is 1. The molecule has 0 saturated heterocycles. The van der Waals surface area contributed by atoms with Crippen LogP contribution in [0.4, 0.5) is 0 Å². The Morgan fingerprint density at radius 3 is 2.29 bits per heavy atom. The van der Waals surface area contributed by atoms with Crippen molar-refractivity contribution in [2.24, 2.45) is 5.92 Å². The summed E-state index contributed by atoms with van der Waals surface area (Å²) in [4.78, 5) is 13.6. The smallest absolute Gasteiger partial charge is 0.252 e. The van der Waals surface area contributed by atoms with E-state index in [0.29, 0.717) is 18.4 Å². The van der Waals surface area contributed by atoms with Crippen molar-refractivity contribution in [3.63, 3.8) is 0 Å². The van der Waals surface area contributed by atoms with E-state index in [-0.39, 0.29) is 11.9 Å². The van der Waals surface area contributed by atoms with E-state index in [9.17, 15) is 4.79 Å². The van der Waals surface area contributed by atoms with Gasteiger partial charge in [-0.1, -0.05) is 95.6 Å². The van der Waals surface area contributed by atoms with Crippen LogP contribution in [0.2, 0.25) is 0 Å². The Kier molecular flexibility index (Phi) is 9.33. The van der Waals surface area contributed by atoms with Crippen LogP contribution in [0.3, 0.4) is 0 Å². The fourth-order valence-corrected chi connectivity index (χ4v) is 4.22. The number of nitrogens with one attached hydrogen (secondary N) is 1. The third-order valence-corrected chi connectivity index (χ3v) is 6.08. The van der Waals surface area contributed by atoms with Gasteiger partial charge in [0.2, 0.25) is 0 Å². The molecule has 1 N–H and O–H groups in total. The molecular formula is C31H39NO2. The highest BCUT2D eigenvalue weighted by molar-refractivity contribution is 5.96. The predicted molar refractivity (Wildman–Crippen MR) is 141 cm³/mol. The summed E-state index contributed by atoms with van der Waals surface area (Å²) >= 11 is 0. The molecule has 34 heavy (non-hydrogen) atoms. The van der Waals surface area contributed by atoms with Gasteiger partial charge in [0.05, 0.1) is 6.04 Å². The summed E-state index contributed by atoms with van der Waals surface area (Å²) in [7, 11) is 0. The molecule has 180 valence electrons. The van der Waals surface area contributed by atoms with E-state index in [1.54, 1.807) is 0 Å². The first kappa shape index (κ1) is 25.6. The summed E-state index contributed by atoms with van der Waals surface area (Å²) in [6.45, 7) is 11.4. The summed E-state index contributed by atoms with van der Waals surface area (Å²) in [5, 5.41) is 3.37. The van der Waals surface area contributed by atoms with Crippen molar-refractivity contribution in [3.8, 4) is 5.75 Å². The van der Waals surface area contributed by atoms with E-state index in [0.717, 1.165) is 41.7 Å². The van der Waals surface area contributed by atoms with Crippen molar-refractivity contribution in [1.29, 1.82) is 0 Å². The van der Waals surface area contributed by atoms with Crippen molar-refractivity contribution in [2.75, 3.05) is 0 Å². The Bertz CT molecular complexity index is 1060. The number of rotatable bonds is 11. The number of benzene rings is 3. The summed E-state index contributed by atoms with van der Waals surface area (Å²) in [5.74, 6) is 1.74. The zero-order valence-corrected chi connectivity index (χ0v) is 21.3. The molecule has 1 unspecified atom stereocenters.